The minimum Gasteiger partial charge on any atom is -0.369 e. The van der Waals surface area contributed by atoms with Crippen LogP contribution >= 0.6 is 0 Å². The second-order valence-electron chi connectivity index (χ2n) is 6.84. The number of hydrogen-bond donors (Lipinski definition) is 1. The molecule has 1 fully saturated rings. The third-order valence-corrected chi connectivity index (χ3v) is 5.14. The molecule has 1 saturated heterocycles. The van der Waals surface area contributed by atoms with Gasteiger partial charge in [0.1, 0.15) is 0 Å². The van der Waals surface area contributed by atoms with Gasteiger partial charge < -0.3 is 15.5 Å². The number of benzene rings is 1. The van der Waals surface area contributed by atoms with E-state index in [0.29, 0.717) is 12.6 Å². The molecule has 0 saturated carbocycles. The molecule has 23 heavy (non-hydrogen) atoms. The molecule has 1 aromatic carbocycles. The molecule has 1 amide bonds. The molecule has 5 heteroatoms. The van der Waals surface area contributed by atoms with Crippen LogP contribution in [-0.2, 0) is 17.8 Å². The van der Waals surface area contributed by atoms with Crippen molar-refractivity contribution in [1.82, 2.24) is 9.80 Å². The summed E-state index contributed by atoms with van der Waals surface area (Å²) < 4.78 is 0. The van der Waals surface area contributed by atoms with Crippen LogP contribution in [0.3, 0.4) is 0 Å². The van der Waals surface area contributed by atoms with Gasteiger partial charge in [-0.3, -0.25) is 9.69 Å². The molecule has 0 atom stereocenters. The number of piperazine rings is 1. The summed E-state index contributed by atoms with van der Waals surface area (Å²) in [5.41, 5.74) is 9.45. The fourth-order valence-corrected chi connectivity index (χ4v) is 3.57. The lowest BCUT2D eigenvalue weighted by Gasteiger charge is -2.38. The van der Waals surface area contributed by atoms with E-state index < -0.39 is 0 Å². The van der Waals surface area contributed by atoms with E-state index in [-0.39, 0.29) is 12.5 Å². The van der Waals surface area contributed by atoms with Crippen molar-refractivity contribution < 1.29 is 4.79 Å². The number of anilines is 1. The Kier molecular flexibility index (Phi) is 4.87. The van der Waals surface area contributed by atoms with Gasteiger partial charge in [-0.25, -0.2) is 0 Å². The zero-order valence-electron chi connectivity index (χ0n) is 14.3. The number of nitrogens with zero attached hydrogens (tertiary/aromatic N) is 3. The Hall–Kier alpha value is -1.59. The highest BCUT2D eigenvalue weighted by Gasteiger charge is 2.22. The Balaban J connectivity index is 1.67. The first-order valence-electron chi connectivity index (χ1n) is 8.67. The second kappa shape index (κ2) is 6.89. The normalized spacial score (nSPS) is 19.1. The van der Waals surface area contributed by atoms with Crippen LogP contribution < -0.4 is 10.6 Å². The minimum atomic E-state index is 0.0459. The van der Waals surface area contributed by atoms with E-state index in [1.807, 2.05) is 4.90 Å². The van der Waals surface area contributed by atoms with Crippen LogP contribution in [0.2, 0.25) is 0 Å². The zero-order chi connectivity index (χ0) is 16.4. The van der Waals surface area contributed by atoms with Gasteiger partial charge in [0.15, 0.2) is 0 Å². The molecule has 0 aliphatic carbocycles. The van der Waals surface area contributed by atoms with Crippen LogP contribution in [0.5, 0.6) is 0 Å². The van der Waals surface area contributed by atoms with Crippen molar-refractivity contribution in [2.24, 2.45) is 5.73 Å². The summed E-state index contributed by atoms with van der Waals surface area (Å²) in [5.74, 6) is 0.0459. The smallest absolute Gasteiger partial charge is 0.236 e. The molecule has 0 unspecified atom stereocenters. The highest BCUT2D eigenvalue weighted by molar-refractivity contribution is 5.78. The summed E-state index contributed by atoms with van der Waals surface area (Å²) in [7, 11) is 0. The Morgan fingerprint density at radius 1 is 1.13 bits per heavy atom. The van der Waals surface area contributed by atoms with E-state index in [0.717, 1.165) is 39.1 Å². The lowest BCUT2D eigenvalue weighted by atomic mass is 9.98. The third kappa shape index (κ3) is 3.51. The molecular weight excluding hydrogens is 288 g/mol. The lowest BCUT2D eigenvalue weighted by molar-refractivity contribution is -0.130. The topological polar surface area (TPSA) is 52.8 Å². The highest BCUT2D eigenvalue weighted by atomic mass is 16.2. The van der Waals surface area contributed by atoms with Gasteiger partial charge in [0.05, 0.1) is 6.54 Å². The van der Waals surface area contributed by atoms with Crippen molar-refractivity contribution in [3.63, 3.8) is 0 Å². The lowest BCUT2D eigenvalue weighted by Crippen LogP contribution is -2.49. The fourth-order valence-electron chi connectivity index (χ4n) is 3.57. The molecule has 2 N–H and O–H groups in total. The Labute approximate surface area is 139 Å². The number of hydrogen-bond acceptors (Lipinski definition) is 4. The van der Waals surface area contributed by atoms with Crippen LogP contribution in [0.4, 0.5) is 5.69 Å². The quantitative estimate of drug-likeness (QED) is 0.906. The van der Waals surface area contributed by atoms with E-state index in [9.17, 15) is 4.79 Å². The molecule has 2 aliphatic heterocycles. The van der Waals surface area contributed by atoms with Gasteiger partial charge >= 0.3 is 0 Å². The number of rotatable bonds is 3. The third-order valence-electron chi connectivity index (χ3n) is 5.14. The molecule has 0 radical (unpaired) electrons. The van der Waals surface area contributed by atoms with Gasteiger partial charge in [0, 0.05) is 51.0 Å². The fraction of sp³-hybridized carbons (Fsp3) is 0.611. The first-order chi connectivity index (χ1) is 11.1. The zero-order valence-corrected chi connectivity index (χ0v) is 14.3. The van der Waals surface area contributed by atoms with Crippen LogP contribution in [0.15, 0.2) is 18.2 Å². The van der Waals surface area contributed by atoms with Crippen molar-refractivity contribution in [1.29, 1.82) is 0 Å². The van der Waals surface area contributed by atoms with E-state index in [1.165, 1.54) is 16.8 Å². The maximum atomic E-state index is 11.8. The summed E-state index contributed by atoms with van der Waals surface area (Å²) in [6.07, 6.45) is 0.931. The summed E-state index contributed by atoms with van der Waals surface area (Å²) in [6, 6.07) is 7.35. The Bertz CT molecular complexity index is 564. The molecular formula is C18H28N4O. The molecule has 2 heterocycles. The van der Waals surface area contributed by atoms with Crippen LogP contribution in [0.25, 0.3) is 0 Å². The SMILES string of the molecule is CC(C)N1CCN(c2ccc3c(c2)CCN(C(=O)CN)C3)CC1. The van der Waals surface area contributed by atoms with Crippen molar-refractivity contribution >= 4 is 11.6 Å². The largest absolute Gasteiger partial charge is 0.369 e. The standard InChI is InChI=1S/C18H28N4O/c1-14(2)20-7-9-21(10-8-20)17-4-3-16-13-22(18(23)12-19)6-5-15(16)11-17/h3-4,11,14H,5-10,12-13,19H2,1-2H3. The van der Waals surface area contributed by atoms with Crippen molar-refractivity contribution in [3.05, 3.63) is 29.3 Å². The second-order valence-corrected chi connectivity index (χ2v) is 6.84. The van der Waals surface area contributed by atoms with Crippen molar-refractivity contribution in [2.45, 2.75) is 32.9 Å². The predicted molar refractivity (Wildman–Crippen MR) is 93.5 cm³/mol. The number of amides is 1. The maximum absolute atomic E-state index is 11.8. The van der Waals surface area contributed by atoms with Gasteiger partial charge in [-0.2, -0.15) is 0 Å². The van der Waals surface area contributed by atoms with E-state index in [2.05, 4.69) is 41.8 Å². The first kappa shape index (κ1) is 16.3. The van der Waals surface area contributed by atoms with Gasteiger partial charge in [0.25, 0.3) is 0 Å². The number of fused-ring (bicyclic) bond motifs is 1. The number of carbonyl (C=O) groups is 1. The number of nitrogens with two attached hydrogens (primary N) is 1. The average Bonchev–Trinajstić information content (AvgIpc) is 2.60. The van der Waals surface area contributed by atoms with Gasteiger partial charge in [-0.05, 0) is 43.5 Å². The number of carbonyl (C=O) groups excluding carboxylic acids is 1. The summed E-state index contributed by atoms with van der Waals surface area (Å²) in [4.78, 5) is 18.6. The molecule has 0 spiro atoms. The summed E-state index contributed by atoms with van der Waals surface area (Å²) in [6.45, 7) is 10.6. The molecule has 3 rings (SSSR count). The Morgan fingerprint density at radius 3 is 2.52 bits per heavy atom. The van der Waals surface area contributed by atoms with Gasteiger partial charge in [0.2, 0.25) is 5.91 Å². The van der Waals surface area contributed by atoms with E-state index in [4.69, 9.17) is 5.73 Å². The molecule has 5 nitrogen and oxygen atoms in total. The molecule has 1 aromatic rings. The van der Waals surface area contributed by atoms with E-state index >= 15 is 0 Å². The van der Waals surface area contributed by atoms with Crippen molar-refractivity contribution in [2.75, 3.05) is 44.2 Å². The summed E-state index contributed by atoms with van der Waals surface area (Å²) in [5, 5.41) is 0. The molecule has 0 aromatic heterocycles. The first-order valence-corrected chi connectivity index (χ1v) is 8.67. The molecule has 2 aliphatic rings. The average molecular weight is 316 g/mol. The molecule has 126 valence electrons. The van der Waals surface area contributed by atoms with Crippen LogP contribution in [0, 0.1) is 0 Å². The van der Waals surface area contributed by atoms with E-state index in [1.54, 1.807) is 0 Å². The van der Waals surface area contributed by atoms with Gasteiger partial charge in [-0.15, -0.1) is 0 Å². The highest BCUT2D eigenvalue weighted by Crippen LogP contribution is 2.25. The predicted octanol–water partition coefficient (Wildman–Crippen LogP) is 1.06. The Morgan fingerprint density at radius 2 is 1.87 bits per heavy atom. The van der Waals surface area contributed by atoms with Crippen molar-refractivity contribution in [3.8, 4) is 0 Å². The molecule has 0 bridgehead atoms. The van der Waals surface area contributed by atoms with Crippen LogP contribution in [0.1, 0.15) is 25.0 Å². The minimum absolute atomic E-state index is 0.0459. The van der Waals surface area contributed by atoms with Crippen LogP contribution in [-0.4, -0.2) is 61.0 Å². The monoisotopic (exact) mass is 316 g/mol. The van der Waals surface area contributed by atoms with Gasteiger partial charge in [-0.1, -0.05) is 6.07 Å². The maximum Gasteiger partial charge on any atom is 0.236 e. The summed E-state index contributed by atoms with van der Waals surface area (Å²) >= 11 is 0.